The number of nitrogens with zero attached hydrogens (tertiary/aromatic N) is 4. The molecule has 33 heavy (non-hydrogen) atoms. The second-order valence-electron chi connectivity index (χ2n) is 7.56. The molecule has 0 aliphatic heterocycles. The fourth-order valence-corrected chi connectivity index (χ4v) is 3.50. The van der Waals surface area contributed by atoms with Gasteiger partial charge in [0.1, 0.15) is 24.2 Å². The Morgan fingerprint density at radius 2 is 1.67 bits per heavy atom. The third-order valence-corrected chi connectivity index (χ3v) is 5.27. The van der Waals surface area contributed by atoms with Crippen LogP contribution in [0.25, 0.3) is 11.2 Å². The summed E-state index contributed by atoms with van der Waals surface area (Å²) in [5.41, 5.74) is 0.211. The summed E-state index contributed by atoms with van der Waals surface area (Å²) in [5, 5.41) is 13.9. The van der Waals surface area contributed by atoms with Gasteiger partial charge in [0.2, 0.25) is 5.95 Å². The van der Waals surface area contributed by atoms with Crippen molar-refractivity contribution in [3.8, 4) is 11.5 Å². The number of ether oxygens (including phenoxy) is 2. The number of anilines is 2. The number of benzene rings is 2. The zero-order chi connectivity index (χ0) is 23.5. The molecular weight excluding hydrogens is 426 g/mol. The van der Waals surface area contributed by atoms with Crippen LogP contribution in [-0.2, 0) is 20.6 Å². The highest BCUT2D eigenvalue weighted by Crippen LogP contribution is 2.21. The van der Waals surface area contributed by atoms with Crippen molar-refractivity contribution in [1.82, 2.24) is 18.7 Å². The molecular formula is C23H25N5O5. The number of aliphatic hydroxyl groups excluding tert-OH is 1. The van der Waals surface area contributed by atoms with Crippen LogP contribution in [0, 0.1) is 0 Å². The molecule has 2 aromatic heterocycles. The molecule has 0 amide bonds. The van der Waals surface area contributed by atoms with Gasteiger partial charge in [0.05, 0.1) is 13.7 Å². The Kier molecular flexibility index (Phi) is 6.18. The standard InChI is InChI=1S/C23H25N5O5/c1-26-20-19(21(30)27(2)23(26)31)28(22(25-20)24-15-7-5-4-6-8-15)13-16(29)14-33-18-11-9-17(32-3)10-12-18/h4-12,16,29H,13-14H2,1-3H3,(H,24,25)/t16-/m0/s1. The van der Waals surface area contributed by atoms with Crippen molar-refractivity contribution in [2.45, 2.75) is 12.6 Å². The normalized spacial score (nSPS) is 12.0. The van der Waals surface area contributed by atoms with E-state index in [9.17, 15) is 14.7 Å². The quantitative estimate of drug-likeness (QED) is 0.419. The molecule has 0 aliphatic carbocycles. The van der Waals surface area contributed by atoms with E-state index in [2.05, 4.69) is 10.3 Å². The predicted molar refractivity (Wildman–Crippen MR) is 124 cm³/mol. The van der Waals surface area contributed by atoms with Gasteiger partial charge in [0, 0.05) is 19.8 Å². The number of para-hydroxylation sites is 1. The largest absolute Gasteiger partial charge is 0.497 e. The number of hydrogen-bond donors (Lipinski definition) is 2. The number of methoxy groups -OCH3 is 1. The van der Waals surface area contributed by atoms with E-state index in [0.717, 1.165) is 10.3 Å². The lowest BCUT2D eigenvalue weighted by atomic mass is 10.3. The van der Waals surface area contributed by atoms with Crippen LogP contribution in [0.4, 0.5) is 11.6 Å². The second kappa shape index (κ2) is 9.21. The molecule has 0 saturated carbocycles. The number of hydrogen-bond acceptors (Lipinski definition) is 7. The maximum Gasteiger partial charge on any atom is 0.332 e. The minimum absolute atomic E-state index is 0.0111. The van der Waals surface area contributed by atoms with E-state index in [4.69, 9.17) is 9.47 Å². The molecule has 2 heterocycles. The van der Waals surface area contributed by atoms with Gasteiger partial charge >= 0.3 is 5.69 Å². The van der Waals surface area contributed by atoms with E-state index in [-0.39, 0.29) is 24.3 Å². The Labute approximate surface area is 189 Å². The summed E-state index contributed by atoms with van der Waals surface area (Å²) < 4.78 is 14.7. The van der Waals surface area contributed by atoms with Gasteiger partial charge in [-0.3, -0.25) is 13.9 Å². The summed E-state index contributed by atoms with van der Waals surface area (Å²) >= 11 is 0. The van der Waals surface area contributed by atoms with Crippen molar-refractivity contribution in [3.63, 3.8) is 0 Å². The molecule has 2 aromatic carbocycles. The van der Waals surface area contributed by atoms with Crippen LogP contribution in [0.1, 0.15) is 0 Å². The molecule has 4 rings (SSSR count). The molecule has 0 spiro atoms. The van der Waals surface area contributed by atoms with E-state index in [1.54, 1.807) is 43.0 Å². The van der Waals surface area contributed by atoms with Gasteiger partial charge in [-0.2, -0.15) is 4.98 Å². The Hall–Kier alpha value is -4.05. The van der Waals surface area contributed by atoms with Crippen molar-refractivity contribution in [1.29, 1.82) is 0 Å². The number of imidazole rings is 1. The van der Waals surface area contributed by atoms with Crippen molar-refractivity contribution in [2.24, 2.45) is 14.1 Å². The fraction of sp³-hybridized carbons (Fsp3) is 0.261. The van der Waals surface area contributed by atoms with Gasteiger partial charge in [-0.25, -0.2) is 4.79 Å². The average molecular weight is 451 g/mol. The summed E-state index contributed by atoms with van der Waals surface area (Å²) in [7, 11) is 4.54. The molecule has 10 heteroatoms. The van der Waals surface area contributed by atoms with Gasteiger partial charge in [-0.05, 0) is 36.4 Å². The zero-order valence-corrected chi connectivity index (χ0v) is 18.6. The molecule has 0 unspecified atom stereocenters. The Morgan fingerprint density at radius 1 is 1.00 bits per heavy atom. The summed E-state index contributed by atoms with van der Waals surface area (Å²) in [6.07, 6.45) is -0.956. The first-order valence-corrected chi connectivity index (χ1v) is 10.3. The lowest BCUT2D eigenvalue weighted by Gasteiger charge is -2.16. The predicted octanol–water partition coefficient (Wildman–Crippen LogP) is 1.63. The maximum atomic E-state index is 12.9. The number of aromatic nitrogens is 4. The van der Waals surface area contributed by atoms with Crippen LogP contribution in [-0.4, -0.2) is 43.6 Å². The highest BCUT2D eigenvalue weighted by molar-refractivity contribution is 5.75. The van der Waals surface area contributed by atoms with Crippen LogP contribution in [0.2, 0.25) is 0 Å². The number of nitrogens with one attached hydrogen (secondary N) is 1. The SMILES string of the molecule is COc1ccc(OC[C@@H](O)Cn2c(Nc3ccccc3)nc3c2c(=O)n(C)c(=O)n3C)cc1. The first-order valence-electron chi connectivity index (χ1n) is 10.3. The van der Waals surface area contributed by atoms with Crippen LogP contribution < -0.4 is 26.0 Å². The smallest absolute Gasteiger partial charge is 0.332 e. The minimum atomic E-state index is -0.956. The second-order valence-corrected chi connectivity index (χ2v) is 7.56. The topological polar surface area (TPSA) is 113 Å². The fourth-order valence-electron chi connectivity index (χ4n) is 3.50. The zero-order valence-electron chi connectivity index (χ0n) is 18.6. The first kappa shape index (κ1) is 22.2. The minimum Gasteiger partial charge on any atom is -0.497 e. The van der Waals surface area contributed by atoms with E-state index in [0.29, 0.717) is 17.4 Å². The average Bonchev–Trinajstić information content (AvgIpc) is 3.18. The van der Waals surface area contributed by atoms with Gasteiger partial charge < -0.3 is 24.5 Å². The molecule has 0 radical (unpaired) electrons. The maximum absolute atomic E-state index is 12.9. The molecule has 0 fully saturated rings. The monoisotopic (exact) mass is 451 g/mol. The van der Waals surface area contributed by atoms with E-state index >= 15 is 0 Å². The summed E-state index contributed by atoms with van der Waals surface area (Å²) in [5.74, 6) is 1.61. The van der Waals surface area contributed by atoms with Crippen LogP contribution in [0.5, 0.6) is 11.5 Å². The third-order valence-electron chi connectivity index (χ3n) is 5.27. The van der Waals surface area contributed by atoms with E-state index in [1.165, 1.54) is 11.6 Å². The van der Waals surface area contributed by atoms with Crippen molar-refractivity contribution in [3.05, 3.63) is 75.4 Å². The van der Waals surface area contributed by atoms with Gasteiger partial charge in [0.15, 0.2) is 11.2 Å². The number of fused-ring (bicyclic) bond motifs is 1. The summed E-state index contributed by atoms with van der Waals surface area (Å²) in [4.78, 5) is 29.8. The van der Waals surface area contributed by atoms with Gasteiger partial charge in [-0.15, -0.1) is 0 Å². The Balaban J connectivity index is 1.67. The van der Waals surface area contributed by atoms with Crippen LogP contribution in [0.15, 0.2) is 64.2 Å². The Bertz CT molecular complexity index is 1370. The number of aliphatic hydroxyl groups is 1. The molecule has 10 nitrogen and oxygen atoms in total. The third kappa shape index (κ3) is 4.46. The molecule has 0 saturated heterocycles. The number of rotatable bonds is 8. The molecule has 0 aliphatic rings. The van der Waals surface area contributed by atoms with Gasteiger partial charge in [0.25, 0.3) is 5.56 Å². The van der Waals surface area contributed by atoms with Crippen molar-refractivity contribution < 1.29 is 14.6 Å². The molecule has 1 atom stereocenters. The van der Waals surface area contributed by atoms with Crippen LogP contribution >= 0.6 is 0 Å². The first-order chi connectivity index (χ1) is 15.9. The molecule has 2 N–H and O–H groups in total. The van der Waals surface area contributed by atoms with Crippen molar-refractivity contribution >= 4 is 22.8 Å². The lowest BCUT2D eigenvalue weighted by Crippen LogP contribution is -2.38. The lowest BCUT2D eigenvalue weighted by molar-refractivity contribution is 0.0938. The molecule has 0 bridgehead atoms. The molecule has 4 aromatic rings. The highest BCUT2D eigenvalue weighted by atomic mass is 16.5. The van der Waals surface area contributed by atoms with Gasteiger partial charge in [-0.1, -0.05) is 18.2 Å². The highest BCUT2D eigenvalue weighted by Gasteiger charge is 2.21. The molecule has 172 valence electrons. The Morgan fingerprint density at radius 3 is 2.33 bits per heavy atom. The van der Waals surface area contributed by atoms with Crippen LogP contribution in [0.3, 0.4) is 0 Å². The summed E-state index contributed by atoms with van der Waals surface area (Å²) in [6.45, 7) is 0.0120. The van der Waals surface area contributed by atoms with Crippen molar-refractivity contribution in [2.75, 3.05) is 19.0 Å². The van der Waals surface area contributed by atoms with E-state index in [1.807, 2.05) is 30.3 Å². The summed E-state index contributed by atoms with van der Waals surface area (Å²) in [6, 6.07) is 16.3. The number of aryl methyl sites for hydroxylation is 1. The van der Waals surface area contributed by atoms with E-state index < -0.39 is 17.4 Å².